The Morgan fingerprint density at radius 2 is 2.20 bits per heavy atom. The number of nitrogens with two attached hydrogens (primary N) is 1. The van der Waals surface area contributed by atoms with Crippen molar-refractivity contribution in [1.82, 2.24) is 25.4 Å². The molecule has 1 aliphatic rings. The number of hydrogen-bond acceptors (Lipinski definition) is 5. The molecule has 1 amide bonds. The quantitative estimate of drug-likeness (QED) is 0.843. The Morgan fingerprint density at radius 1 is 1.40 bits per heavy atom. The van der Waals surface area contributed by atoms with Crippen molar-refractivity contribution in [2.45, 2.75) is 31.3 Å². The Morgan fingerprint density at radius 3 is 2.90 bits per heavy atom. The van der Waals surface area contributed by atoms with Gasteiger partial charge in [0.25, 0.3) is 5.91 Å². The predicted molar refractivity (Wildman–Crippen MR) is 78.4 cm³/mol. The Kier molecular flexibility index (Phi) is 5.67. The molecule has 20 heavy (non-hydrogen) atoms. The number of tetrazole rings is 1. The van der Waals surface area contributed by atoms with Gasteiger partial charge in [-0.1, -0.05) is 0 Å². The first kappa shape index (κ1) is 16.6. The van der Waals surface area contributed by atoms with E-state index in [2.05, 4.69) is 20.8 Å². The summed E-state index contributed by atoms with van der Waals surface area (Å²) in [4.78, 5) is 12.0. The van der Waals surface area contributed by atoms with Crippen molar-refractivity contribution in [2.24, 2.45) is 5.73 Å². The van der Waals surface area contributed by atoms with E-state index in [1.807, 2.05) is 0 Å². The van der Waals surface area contributed by atoms with E-state index in [-0.39, 0.29) is 42.8 Å². The number of carbonyl (C=O) groups is 1. The molecule has 0 saturated heterocycles. The Labute approximate surface area is 128 Å². The highest BCUT2D eigenvalue weighted by atomic mass is 35.5. The van der Waals surface area contributed by atoms with Crippen LogP contribution in [0.4, 0.5) is 0 Å². The standard InChI is InChI=1S/C11H14N6O.2ClH/c12-8-1-2-9(6-8)13-11(18)7-3-4-17-10(5-7)14-15-16-17;;/h3-5,8-9H,1-2,6,12H2,(H,13,18);2*1H/t8-,9-;;/m1../s1. The zero-order valence-electron chi connectivity index (χ0n) is 10.6. The fourth-order valence-electron chi connectivity index (χ4n) is 2.30. The summed E-state index contributed by atoms with van der Waals surface area (Å²) in [5.74, 6) is -0.0976. The third-order valence-electron chi connectivity index (χ3n) is 3.27. The summed E-state index contributed by atoms with van der Waals surface area (Å²) >= 11 is 0. The molecule has 110 valence electrons. The van der Waals surface area contributed by atoms with Crippen LogP contribution in [0.25, 0.3) is 5.65 Å². The van der Waals surface area contributed by atoms with Crippen molar-refractivity contribution in [3.05, 3.63) is 23.9 Å². The number of pyridine rings is 1. The van der Waals surface area contributed by atoms with Crippen LogP contribution in [0, 0.1) is 0 Å². The molecule has 2 atom stereocenters. The van der Waals surface area contributed by atoms with E-state index < -0.39 is 0 Å². The Hall–Kier alpha value is -1.44. The fourth-order valence-corrected chi connectivity index (χ4v) is 2.30. The number of nitrogens with zero attached hydrogens (tertiary/aromatic N) is 4. The van der Waals surface area contributed by atoms with E-state index in [4.69, 9.17) is 5.73 Å². The minimum atomic E-state index is -0.0976. The average Bonchev–Trinajstić information content (AvgIpc) is 2.96. The molecule has 0 spiro atoms. The van der Waals surface area contributed by atoms with Crippen LogP contribution >= 0.6 is 24.8 Å². The fraction of sp³-hybridized carbons (Fsp3) is 0.455. The molecule has 2 aromatic heterocycles. The van der Waals surface area contributed by atoms with Crippen LogP contribution in [0.1, 0.15) is 29.6 Å². The monoisotopic (exact) mass is 318 g/mol. The maximum Gasteiger partial charge on any atom is 0.251 e. The number of rotatable bonds is 2. The first-order valence-electron chi connectivity index (χ1n) is 5.96. The normalized spacial score (nSPS) is 21.1. The summed E-state index contributed by atoms with van der Waals surface area (Å²) in [6.45, 7) is 0. The topological polar surface area (TPSA) is 98.2 Å². The summed E-state index contributed by atoms with van der Waals surface area (Å²) in [6, 6.07) is 3.76. The zero-order valence-corrected chi connectivity index (χ0v) is 12.2. The molecular formula is C11H16Cl2N6O. The number of hydrogen-bond donors (Lipinski definition) is 2. The van der Waals surface area contributed by atoms with Gasteiger partial charge in [-0.2, -0.15) is 0 Å². The second kappa shape index (κ2) is 6.83. The molecule has 1 saturated carbocycles. The number of nitrogens with one attached hydrogen (secondary N) is 1. The van der Waals surface area contributed by atoms with Crippen molar-refractivity contribution < 1.29 is 4.79 Å². The van der Waals surface area contributed by atoms with Crippen LogP contribution in [0.3, 0.4) is 0 Å². The Balaban J connectivity index is 0.000001000. The molecule has 0 aliphatic heterocycles. The largest absolute Gasteiger partial charge is 0.349 e. The smallest absolute Gasteiger partial charge is 0.251 e. The molecular weight excluding hydrogens is 303 g/mol. The first-order valence-corrected chi connectivity index (χ1v) is 5.96. The molecule has 0 unspecified atom stereocenters. The van der Waals surface area contributed by atoms with Crippen LogP contribution in [0.15, 0.2) is 18.3 Å². The maximum absolute atomic E-state index is 12.0. The van der Waals surface area contributed by atoms with Crippen LogP contribution < -0.4 is 11.1 Å². The Bertz CT molecular complexity index is 589. The summed E-state index contributed by atoms with van der Waals surface area (Å²) in [5, 5.41) is 14.1. The van der Waals surface area contributed by atoms with E-state index in [9.17, 15) is 4.79 Å². The molecule has 0 aromatic carbocycles. The minimum absolute atomic E-state index is 0. The second-order valence-electron chi connectivity index (χ2n) is 4.64. The third kappa shape index (κ3) is 3.36. The van der Waals surface area contributed by atoms with Crippen molar-refractivity contribution in [3.63, 3.8) is 0 Å². The second-order valence-corrected chi connectivity index (χ2v) is 4.64. The first-order chi connectivity index (χ1) is 8.72. The molecule has 2 aromatic rings. The van der Waals surface area contributed by atoms with Gasteiger partial charge in [-0.05, 0) is 41.8 Å². The molecule has 7 nitrogen and oxygen atoms in total. The van der Waals surface area contributed by atoms with Gasteiger partial charge in [0.15, 0.2) is 5.65 Å². The van der Waals surface area contributed by atoms with Gasteiger partial charge >= 0.3 is 0 Å². The molecule has 0 bridgehead atoms. The summed E-state index contributed by atoms with van der Waals surface area (Å²) < 4.78 is 1.52. The molecule has 1 fully saturated rings. The molecule has 3 N–H and O–H groups in total. The zero-order chi connectivity index (χ0) is 12.5. The predicted octanol–water partition coefficient (Wildman–Crippen LogP) is 0.577. The van der Waals surface area contributed by atoms with Gasteiger partial charge in [0, 0.05) is 23.8 Å². The maximum atomic E-state index is 12.0. The van der Waals surface area contributed by atoms with Crippen LogP contribution in [-0.4, -0.2) is 38.0 Å². The van der Waals surface area contributed by atoms with Gasteiger partial charge in [0.1, 0.15) is 0 Å². The van der Waals surface area contributed by atoms with Crippen LogP contribution in [0.5, 0.6) is 0 Å². The summed E-state index contributed by atoms with van der Waals surface area (Å²) in [5.41, 5.74) is 6.95. The highest BCUT2D eigenvalue weighted by Gasteiger charge is 2.23. The van der Waals surface area contributed by atoms with E-state index in [0.717, 1.165) is 19.3 Å². The van der Waals surface area contributed by atoms with Gasteiger partial charge in [0.2, 0.25) is 0 Å². The molecule has 1 aliphatic carbocycles. The van der Waals surface area contributed by atoms with Gasteiger partial charge in [-0.25, -0.2) is 4.52 Å². The number of fused-ring (bicyclic) bond motifs is 1. The van der Waals surface area contributed by atoms with Gasteiger partial charge < -0.3 is 11.1 Å². The number of halogens is 2. The highest BCUT2D eigenvalue weighted by Crippen LogP contribution is 2.17. The lowest BCUT2D eigenvalue weighted by molar-refractivity contribution is 0.0937. The van der Waals surface area contributed by atoms with Gasteiger partial charge in [0.05, 0.1) is 0 Å². The third-order valence-corrected chi connectivity index (χ3v) is 3.27. The molecule has 2 heterocycles. The number of aromatic nitrogens is 4. The van der Waals surface area contributed by atoms with Gasteiger partial charge in [-0.15, -0.1) is 29.9 Å². The lowest BCUT2D eigenvalue weighted by Gasteiger charge is -2.12. The lowest BCUT2D eigenvalue weighted by atomic mass is 10.2. The lowest BCUT2D eigenvalue weighted by Crippen LogP contribution is -2.34. The summed E-state index contributed by atoms with van der Waals surface area (Å²) in [6.07, 6.45) is 4.44. The van der Waals surface area contributed by atoms with Crippen molar-refractivity contribution in [2.75, 3.05) is 0 Å². The van der Waals surface area contributed by atoms with Crippen molar-refractivity contribution in [1.29, 1.82) is 0 Å². The van der Waals surface area contributed by atoms with Crippen molar-refractivity contribution >= 4 is 36.4 Å². The van der Waals surface area contributed by atoms with Gasteiger partial charge in [-0.3, -0.25) is 4.79 Å². The molecule has 0 radical (unpaired) electrons. The van der Waals surface area contributed by atoms with E-state index in [1.54, 1.807) is 18.3 Å². The van der Waals surface area contributed by atoms with E-state index in [1.165, 1.54) is 4.52 Å². The number of carbonyl (C=O) groups excluding carboxylic acids is 1. The van der Waals surface area contributed by atoms with E-state index >= 15 is 0 Å². The van der Waals surface area contributed by atoms with E-state index in [0.29, 0.717) is 11.2 Å². The van der Waals surface area contributed by atoms with Crippen molar-refractivity contribution in [3.8, 4) is 0 Å². The van der Waals surface area contributed by atoms with Crippen LogP contribution in [0.2, 0.25) is 0 Å². The van der Waals surface area contributed by atoms with Crippen LogP contribution in [-0.2, 0) is 0 Å². The molecule has 3 rings (SSSR count). The minimum Gasteiger partial charge on any atom is -0.349 e. The number of amides is 1. The molecule has 9 heteroatoms. The summed E-state index contributed by atoms with van der Waals surface area (Å²) in [7, 11) is 0. The average molecular weight is 319 g/mol. The highest BCUT2D eigenvalue weighted by molar-refractivity contribution is 5.95. The SMILES string of the molecule is Cl.Cl.N[C@@H]1CC[C@@H](NC(=O)c2ccn3nnnc3c2)C1.